The Kier molecular flexibility index (Phi) is 4.63. The number of hydrogen-bond acceptors (Lipinski definition) is 5. The molecule has 26 heavy (non-hydrogen) atoms. The lowest BCUT2D eigenvalue weighted by Gasteiger charge is -2.30. The summed E-state index contributed by atoms with van der Waals surface area (Å²) < 4.78 is 5.80. The van der Waals surface area contributed by atoms with Crippen molar-refractivity contribution in [3.63, 3.8) is 0 Å². The van der Waals surface area contributed by atoms with Gasteiger partial charge in [0, 0.05) is 19.1 Å². The molecule has 3 unspecified atom stereocenters. The zero-order chi connectivity index (χ0) is 18.1. The summed E-state index contributed by atoms with van der Waals surface area (Å²) in [5.41, 5.74) is 0.943. The van der Waals surface area contributed by atoms with E-state index in [0.717, 1.165) is 12.8 Å². The number of anilines is 1. The highest BCUT2D eigenvalue weighted by Crippen LogP contribution is 2.38. The van der Waals surface area contributed by atoms with Crippen LogP contribution in [0.1, 0.15) is 32.1 Å². The molecule has 7 heteroatoms. The van der Waals surface area contributed by atoms with Gasteiger partial charge in [-0.05, 0) is 43.7 Å². The van der Waals surface area contributed by atoms with Crippen molar-refractivity contribution < 1.29 is 19.4 Å². The van der Waals surface area contributed by atoms with Crippen LogP contribution in [0, 0.1) is 5.92 Å². The number of carboxylic acid groups (broad SMARTS) is 1. The smallest absolute Gasteiger partial charge is 0.328 e. The lowest BCUT2D eigenvalue weighted by Crippen LogP contribution is -2.45. The van der Waals surface area contributed by atoms with Crippen molar-refractivity contribution in [2.75, 3.05) is 11.6 Å². The van der Waals surface area contributed by atoms with Crippen molar-refractivity contribution in [2.24, 2.45) is 11.0 Å². The Balaban J connectivity index is 1.44. The number of nitrogens with zero attached hydrogens (tertiary/aromatic N) is 2. The quantitative estimate of drug-likeness (QED) is 0.838. The molecular weight excluding hydrogens is 334 g/mol. The van der Waals surface area contributed by atoms with E-state index >= 15 is 0 Å². The average molecular weight is 357 g/mol. The molecule has 1 aromatic rings. The molecule has 2 heterocycles. The van der Waals surface area contributed by atoms with Crippen LogP contribution in [0.15, 0.2) is 35.4 Å². The van der Waals surface area contributed by atoms with Gasteiger partial charge in [0.25, 0.3) is 5.91 Å². The first-order chi connectivity index (χ1) is 12.6. The van der Waals surface area contributed by atoms with E-state index in [1.54, 1.807) is 12.1 Å². The van der Waals surface area contributed by atoms with Gasteiger partial charge in [0.2, 0.25) is 0 Å². The predicted octanol–water partition coefficient (Wildman–Crippen LogP) is 1.78. The Morgan fingerprint density at radius 3 is 2.65 bits per heavy atom. The molecule has 0 spiro atoms. The standard InChI is InChI=1S/C19H23N3O4/c23-18(20-13-8-9-26-17(10-13)12-6-7-12)15-11-16(19(24)25)22(21-15)14-4-2-1-3-5-14/h1-5,12-13,16-17H,6-11H2,(H,20,23)(H,24,25). The molecular formula is C19H23N3O4. The molecule has 2 N–H and O–H groups in total. The van der Waals surface area contributed by atoms with Crippen LogP contribution in [0.3, 0.4) is 0 Å². The number of carbonyl (C=O) groups excluding carboxylic acids is 1. The van der Waals surface area contributed by atoms with Gasteiger partial charge < -0.3 is 15.2 Å². The summed E-state index contributed by atoms with van der Waals surface area (Å²) in [5.74, 6) is -0.611. The first-order valence-electron chi connectivity index (χ1n) is 9.19. The molecule has 1 amide bonds. The van der Waals surface area contributed by atoms with Crippen molar-refractivity contribution in [3.05, 3.63) is 30.3 Å². The van der Waals surface area contributed by atoms with Gasteiger partial charge >= 0.3 is 5.97 Å². The molecule has 3 aliphatic rings. The van der Waals surface area contributed by atoms with Gasteiger partial charge in [-0.2, -0.15) is 5.10 Å². The first kappa shape index (κ1) is 17.0. The van der Waals surface area contributed by atoms with E-state index in [0.29, 0.717) is 18.2 Å². The molecule has 1 saturated carbocycles. The fourth-order valence-corrected chi connectivity index (χ4v) is 3.68. The third-order valence-electron chi connectivity index (χ3n) is 5.28. The van der Waals surface area contributed by atoms with E-state index in [9.17, 15) is 14.7 Å². The second-order valence-electron chi connectivity index (χ2n) is 7.23. The van der Waals surface area contributed by atoms with Crippen molar-refractivity contribution >= 4 is 23.3 Å². The van der Waals surface area contributed by atoms with Crippen LogP contribution in [-0.2, 0) is 14.3 Å². The Morgan fingerprint density at radius 1 is 1.19 bits per heavy atom. The largest absolute Gasteiger partial charge is 0.480 e. The van der Waals surface area contributed by atoms with Crippen LogP contribution in [0.5, 0.6) is 0 Å². The van der Waals surface area contributed by atoms with Gasteiger partial charge in [-0.25, -0.2) is 4.79 Å². The summed E-state index contributed by atoms with van der Waals surface area (Å²) in [6, 6.07) is 8.29. The van der Waals surface area contributed by atoms with E-state index in [1.807, 2.05) is 18.2 Å². The number of amides is 1. The van der Waals surface area contributed by atoms with E-state index in [2.05, 4.69) is 10.4 Å². The number of aliphatic carboxylic acids is 1. The topological polar surface area (TPSA) is 91.2 Å². The van der Waals surface area contributed by atoms with Gasteiger partial charge in [-0.1, -0.05) is 18.2 Å². The average Bonchev–Trinajstić information content (AvgIpc) is 3.40. The van der Waals surface area contributed by atoms with E-state index in [4.69, 9.17) is 4.74 Å². The van der Waals surface area contributed by atoms with Crippen molar-refractivity contribution in [1.82, 2.24) is 5.32 Å². The number of nitrogens with one attached hydrogen (secondary N) is 1. The third kappa shape index (κ3) is 3.58. The van der Waals surface area contributed by atoms with Crippen molar-refractivity contribution in [1.29, 1.82) is 0 Å². The lowest BCUT2D eigenvalue weighted by atomic mass is 9.99. The highest BCUT2D eigenvalue weighted by molar-refractivity contribution is 6.40. The van der Waals surface area contributed by atoms with Crippen LogP contribution in [0.25, 0.3) is 0 Å². The highest BCUT2D eigenvalue weighted by atomic mass is 16.5. The van der Waals surface area contributed by atoms with Gasteiger partial charge in [-0.3, -0.25) is 9.80 Å². The maximum atomic E-state index is 12.6. The number of carbonyl (C=O) groups is 2. The normalized spacial score (nSPS) is 28.5. The van der Waals surface area contributed by atoms with Crippen LogP contribution in [0.2, 0.25) is 0 Å². The Morgan fingerprint density at radius 2 is 1.96 bits per heavy atom. The summed E-state index contributed by atoms with van der Waals surface area (Å²) in [6.45, 7) is 0.659. The maximum absolute atomic E-state index is 12.6. The summed E-state index contributed by atoms with van der Waals surface area (Å²) in [7, 11) is 0. The summed E-state index contributed by atoms with van der Waals surface area (Å²) in [6.07, 6.45) is 4.38. The minimum Gasteiger partial charge on any atom is -0.480 e. The molecule has 138 valence electrons. The fourth-order valence-electron chi connectivity index (χ4n) is 3.68. The molecule has 1 saturated heterocycles. The SMILES string of the molecule is O=C(NC1CCOC(C2CC2)C1)C1=NN(c2ccccc2)C(C(=O)O)C1. The first-order valence-corrected chi connectivity index (χ1v) is 9.19. The van der Waals surface area contributed by atoms with Crippen LogP contribution < -0.4 is 10.3 Å². The molecule has 4 rings (SSSR count). The number of benzene rings is 1. The zero-order valence-corrected chi connectivity index (χ0v) is 14.5. The number of para-hydroxylation sites is 1. The van der Waals surface area contributed by atoms with E-state index < -0.39 is 12.0 Å². The molecule has 0 aromatic heterocycles. The Bertz CT molecular complexity index is 717. The highest BCUT2D eigenvalue weighted by Gasteiger charge is 2.39. The number of hydrogen-bond donors (Lipinski definition) is 2. The van der Waals surface area contributed by atoms with Gasteiger partial charge in [0.15, 0.2) is 6.04 Å². The molecule has 0 radical (unpaired) electrons. The van der Waals surface area contributed by atoms with Crippen molar-refractivity contribution in [3.8, 4) is 0 Å². The monoisotopic (exact) mass is 357 g/mol. The molecule has 1 aromatic carbocycles. The molecule has 2 fully saturated rings. The maximum Gasteiger partial charge on any atom is 0.328 e. The second kappa shape index (κ2) is 7.07. The molecule has 0 bridgehead atoms. The van der Waals surface area contributed by atoms with Crippen LogP contribution in [-0.4, -0.2) is 47.5 Å². The molecule has 2 aliphatic heterocycles. The van der Waals surface area contributed by atoms with Crippen molar-refractivity contribution in [2.45, 2.75) is 50.3 Å². The predicted molar refractivity (Wildman–Crippen MR) is 96.0 cm³/mol. The molecule has 1 aliphatic carbocycles. The molecule has 7 nitrogen and oxygen atoms in total. The molecule has 3 atom stereocenters. The number of hydrazone groups is 1. The van der Waals surface area contributed by atoms with Gasteiger partial charge in [0.05, 0.1) is 11.8 Å². The third-order valence-corrected chi connectivity index (χ3v) is 5.28. The number of carboxylic acids is 1. The number of rotatable bonds is 5. The zero-order valence-electron chi connectivity index (χ0n) is 14.5. The van der Waals surface area contributed by atoms with Crippen LogP contribution >= 0.6 is 0 Å². The van der Waals surface area contributed by atoms with Gasteiger partial charge in [-0.15, -0.1) is 0 Å². The van der Waals surface area contributed by atoms with E-state index in [1.165, 1.54) is 17.9 Å². The second-order valence-corrected chi connectivity index (χ2v) is 7.23. The lowest BCUT2D eigenvalue weighted by molar-refractivity contribution is -0.138. The van der Waals surface area contributed by atoms with Crippen LogP contribution in [0.4, 0.5) is 5.69 Å². The Hall–Kier alpha value is -2.41. The minimum atomic E-state index is -0.986. The summed E-state index contributed by atoms with van der Waals surface area (Å²) >= 11 is 0. The minimum absolute atomic E-state index is 0.0682. The fraction of sp³-hybridized carbons (Fsp3) is 0.526. The van der Waals surface area contributed by atoms with E-state index in [-0.39, 0.29) is 30.2 Å². The summed E-state index contributed by atoms with van der Waals surface area (Å²) in [4.78, 5) is 24.3. The number of ether oxygens (including phenoxy) is 1. The Labute approximate surface area is 152 Å². The van der Waals surface area contributed by atoms with Gasteiger partial charge in [0.1, 0.15) is 5.71 Å². The summed E-state index contributed by atoms with van der Waals surface area (Å²) in [5, 5.41) is 18.3.